The van der Waals surface area contributed by atoms with Gasteiger partial charge in [0.15, 0.2) is 0 Å². The minimum atomic E-state index is -0.708. The topological polar surface area (TPSA) is 0 Å². The van der Waals surface area contributed by atoms with Gasteiger partial charge in [0.05, 0.1) is 19.2 Å². The molecule has 0 bridgehead atoms. The molecule has 0 unspecified atom stereocenters. The second kappa shape index (κ2) is 9.22. The predicted octanol–water partition coefficient (Wildman–Crippen LogP) is 11.3. The molecule has 0 aliphatic heterocycles. The van der Waals surface area contributed by atoms with Gasteiger partial charge in [0.1, 0.15) is 0 Å². The minimum absolute atomic E-state index is 0.0192. The van der Waals surface area contributed by atoms with Crippen molar-refractivity contribution in [3.63, 3.8) is 0 Å². The molecule has 0 N–H and O–H groups in total. The van der Waals surface area contributed by atoms with E-state index >= 15 is 0 Å². The molecule has 0 aliphatic carbocycles. The van der Waals surface area contributed by atoms with E-state index < -0.39 is 66.5 Å². The van der Waals surface area contributed by atoms with E-state index in [2.05, 4.69) is 0 Å². The Morgan fingerprint density at radius 3 is 1.90 bits per heavy atom. The van der Waals surface area contributed by atoms with Crippen molar-refractivity contribution in [1.82, 2.24) is 0 Å². The zero-order valence-corrected chi connectivity index (χ0v) is 20.9. The normalized spacial score (nSPS) is 16.4. The first-order valence-corrected chi connectivity index (χ1v) is 12.7. The molecule has 0 atom stereocenters. The Morgan fingerprint density at radius 2 is 1.02 bits per heavy atom. The van der Waals surface area contributed by atoms with E-state index in [0.717, 1.165) is 5.39 Å². The largest absolute Gasteiger partial charge is 0.0636 e. The standard InChI is InChI=1S/C40H26/c1-2-14-29(15-3-1)39-35-20-8-9-21-36(35)40(34-23-11-17-28-13-5-7-19-32(28)34)38-26-30(24-25-37(38)39)33-22-10-16-27-12-4-6-18-31(27)33/h1-26H/i5D,7D,8D,9D,11D,13D,17D,19D,20D,21D,23D,24D,25D,26D. The molecule has 40 heavy (non-hydrogen) atoms. The maximum atomic E-state index is 9.99. The number of hydrogen-bond donors (Lipinski definition) is 0. The molecule has 0 heterocycles. The predicted molar refractivity (Wildman–Crippen MR) is 173 cm³/mol. The molecule has 0 aliphatic rings. The third-order valence-corrected chi connectivity index (χ3v) is 7.18. The molecule has 8 aromatic rings. The van der Waals surface area contributed by atoms with E-state index in [4.69, 9.17) is 11.0 Å². The van der Waals surface area contributed by atoms with Gasteiger partial charge in [-0.3, -0.25) is 0 Å². The van der Waals surface area contributed by atoms with Crippen molar-refractivity contribution in [2.75, 3.05) is 0 Å². The Hall–Kier alpha value is -5.20. The van der Waals surface area contributed by atoms with Crippen LogP contribution in [-0.2, 0) is 0 Å². The van der Waals surface area contributed by atoms with Gasteiger partial charge in [-0.1, -0.05) is 151 Å². The summed E-state index contributed by atoms with van der Waals surface area (Å²) in [6.07, 6.45) is 0. The quantitative estimate of drug-likeness (QED) is 0.203. The van der Waals surface area contributed by atoms with E-state index in [1.807, 2.05) is 24.3 Å². The highest BCUT2D eigenvalue weighted by Gasteiger charge is 2.19. The molecule has 0 heteroatoms. The smallest absolute Gasteiger partial charge is 0.0622 e. The third-order valence-electron chi connectivity index (χ3n) is 7.18. The molecule has 0 fully saturated rings. The first kappa shape index (κ1) is 12.8. The van der Waals surface area contributed by atoms with Crippen LogP contribution in [0.5, 0.6) is 0 Å². The Bertz CT molecular complexity index is 2960. The number of benzene rings is 8. The fourth-order valence-corrected chi connectivity index (χ4v) is 5.44. The van der Waals surface area contributed by atoms with Crippen LogP contribution < -0.4 is 0 Å². The number of rotatable bonds is 3. The summed E-state index contributed by atoms with van der Waals surface area (Å²) in [4.78, 5) is 0. The summed E-state index contributed by atoms with van der Waals surface area (Å²) in [6, 6.07) is 13.1. The van der Waals surface area contributed by atoms with Crippen LogP contribution in [0.15, 0.2) is 157 Å². The molecule has 0 spiro atoms. The van der Waals surface area contributed by atoms with Crippen molar-refractivity contribution in [2.45, 2.75) is 0 Å². The molecule has 0 saturated carbocycles. The highest BCUT2D eigenvalue weighted by atomic mass is 14.2. The van der Waals surface area contributed by atoms with Crippen LogP contribution in [0, 0.1) is 0 Å². The van der Waals surface area contributed by atoms with Crippen molar-refractivity contribution < 1.29 is 19.2 Å². The SMILES string of the molecule is [2H]c1c([2H])c([2H])c2c(-c3c4c([2H])c([2H])c([2H])c([2H])c4c(-c4ccccc4)c4c([2H])c([2H])c(-c5cccc6ccccc56)c([2H])c34)c([2H])c([2H])c([2H])c2c1[2H]. The molecule has 0 nitrogen and oxygen atoms in total. The number of hydrogen-bond acceptors (Lipinski definition) is 0. The van der Waals surface area contributed by atoms with Gasteiger partial charge in [-0.15, -0.1) is 0 Å². The first-order chi connectivity index (χ1) is 25.7. The molecular formula is C40H26. The lowest BCUT2D eigenvalue weighted by Gasteiger charge is -2.20. The lowest BCUT2D eigenvalue weighted by molar-refractivity contribution is 1.65. The molecule has 0 amide bonds. The van der Waals surface area contributed by atoms with Gasteiger partial charge in [0.2, 0.25) is 0 Å². The lowest BCUT2D eigenvalue weighted by atomic mass is 9.83. The maximum absolute atomic E-state index is 9.99. The molecule has 0 aromatic heterocycles. The van der Waals surface area contributed by atoms with Gasteiger partial charge < -0.3 is 0 Å². The van der Waals surface area contributed by atoms with E-state index in [0.29, 0.717) is 16.5 Å². The van der Waals surface area contributed by atoms with Crippen LogP contribution in [0.3, 0.4) is 0 Å². The summed E-state index contributed by atoms with van der Waals surface area (Å²) in [5, 5.41) is 0.255. The maximum Gasteiger partial charge on any atom is 0.0636 e. The van der Waals surface area contributed by atoms with Crippen molar-refractivity contribution >= 4 is 43.1 Å². The van der Waals surface area contributed by atoms with E-state index in [1.54, 1.807) is 48.5 Å². The van der Waals surface area contributed by atoms with Crippen LogP contribution in [0.2, 0.25) is 0 Å². The molecule has 8 rings (SSSR count). The van der Waals surface area contributed by atoms with Crippen LogP contribution in [0.4, 0.5) is 0 Å². The van der Waals surface area contributed by atoms with Crippen LogP contribution in [-0.4, -0.2) is 0 Å². The fraction of sp³-hybridized carbons (Fsp3) is 0. The van der Waals surface area contributed by atoms with Crippen LogP contribution in [0.1, 0.15) is 19.2 Å². The summed E-state index contributed by atoms with van der Waals surface area (Å²) in [6.45, 7) is 0. The fourth-order valence-electron chi connectivity index (χ4n) is 5.44. The molecular weight excluding hydrogens is 480 g/mol. The molecule has 0 saturated heterocycles. The van der Waals surface area contributed by atoms with Gasteiger partial charge in [-0.2, -0.15) is 0 Å². The minimum Gasteiger partial charge on any atom is -0.0622 e. The number of fused-ring (bicyclic) bond motifs is 4. The Labute approximate surface area is 253 Å². The zero-order valence-electron chi connectivity index (χ0n) is 34.9. The van der Waals surface area contributed by atoms with E-state index in [-0.39, 0.29) is 72.7 Å². The van der Waals surface area contributed by atoms with Crippen molar-refractivity contribution in [2.24, 2.45) is 0 Å². The lowest BCUT2D eigenvalue weighted by Crippen LogP contribution is -1.92. The average Bonchev–Trinajstić information content (AvgIpc) is 3.18. The van der Waals surface area contributed by atoms with Gasteiger partial charge in [-0.05, 0) is 82.5 Å². The summed E-state index contributed by atoms with van der Waals surface area (Å²) in [5.41, 5.74) is 0.406. The third kappa shape index (κ3) is 3.54. The highest BCUT2D eigenvalue weighted by Crippen LogP contribution is 2.46. The first-order valence-electron chi connectivity index (χ1n) is 19.7. The molecule has 0 radical (unpaired) electrons. The van der Waals surface area contributed by atoms with Gasteiger partial charge >= 0.3 is 0 Å². The van der Waals surface area contributed by atoms with Crippen LogP contribution >= 0.6 is 0 Å². The molecule has 186 valence electrons. The summed E-state index contributed by atoms with van der Waals surface area (Å²) in [5.74, 6) is 0. The van der Waals surface area contributed by atoms with Gasteiger partial charge in [0.25, 0.3) is 0 Å². The second-order valence-corrected chi connectivity index (χ2v) is 9.39. The van der Waals surface area contributed by atoms with Crippen molar-refractivity contribution in [1.29, 1.82) is 0 Å². The zero-order chi connectivity index (χ0) is 38.7. The van der Waals surface area contributed by atoms with E-state index in [9.17, 15) is 8.22 Å². The monoisotopic (exact) mass is 520 g/mol. The van der Waals surface area contributed by atoms with E-state index in [1.165, 1.54) is 0 Å². The summed E-state index contributed by atoms with van der Waals surface area (Å²) >= 11 is 0. The van der Waals surface area contributed by atoms with Crippen molar-refractivity contribution in [3.05, 3.63) is 157 Å². The Kier molecular flexibility index (Phi) is 2.94. The summed E-state index contributed by atoms with van der Waals surface area (Å²) in [7, 11) is 0. The summed E-state index contributed by atoms with van der Waals surface area (Å²) < 4.78 is 127. The molecule has 8 aromatic carbocycles. The Balaban J connectivity index is 1.80. The highest BCUT2D eigenvalue weighted by molar-refractivity contribution is 6.24. The van der Waals surface area contributed by atoms with Gasteiger partial charge in [0, 0.05) is 0 Å². The van der Waals surface area contributed by atoms with Crippen LogP contribution in [0.25, 0.3) is 76.5 Å². The second-order valence-electron chi connectivity index (χ2n) is 9.39. The Morgan fingerprint density at radius 1 is 0.350 bits per heavy atom. The van der Waals surface area contributed by atoms with Gasteiger partial charge in [-0.25, -0.2) is 0 Å². The average molecular weight is 521 g/mol. The van der Waals surface area contributed by atoms with Crippen molar-refractivity contribution in [3.8, 4) is 33.4 Å².